The highest BCUT2D eigenvalue weighted by Gasteiger charge is 2.25. The van der Waals surface area contributed by atoms with Crippen molar-refractivity contribution in [3.8, 4) is 5.75 Å². The van der Waals surface area contributed by atoms with Crippen molar-refractivity contribution in [2.45, 2.75) is 6.54 Å². The Balaban J connectivity index is 1.44. The van der Waals surface area contributed by atoms with Gasteiger partial charge in [-0.1, -0.05) is 12.1 Å². The molecule has 28 heavy (non-hydrogen) atoms. The molecule has 1 aliphatic heterocycles. The molecule has 1 aliphatic rings. The van der Waals surface area contributed by atoms with E-state index in [1.165, 1.54) is 7.11 Å². The molecule has 1 fully saturated rings. The molecule has 0 aliphatic carbocycles. The Morgan fingerprint density at radius 2 is 2.00 bits per heavy atom. The van der Waals surface area contributed by atoms with E-state index in [2.05, 4.69) is 10.00 Å². The van der Waals surface area contributed by atoms with Crippen LogP contribution in [-0.2, 0) is 6.54 Å². The number of carbonyl (C=O) groups excluding carboxylic acids is 1. The van der Waals surface area contributed by atoms with Crippen LogP contribution in [0, 0.1) is 0 Å². The van der Waals surface area contributed by atoms with Gasteiger partial charge in [0, 0.05) is 50.5 Å². The van der Waals surface area contributed by atoms with E-state index >= 15 is 0 Å². The second-order valence-electron chi connectivity index (χ2n) is 6.73. The van der Waals surface area contributed by atoms with Crippen molar-refractivity contribution in [2.24, 2.45) is 0 Å². The summed E-state index contributed by atoms with van der Waals surface area (Å²) in [6, 6.07) is 8.81. The molecule has 0 saturated carbocycles. The fraction of sp³-hybridized carbons (Fsp3) is 0.350. The molecule has 1 saturated heterocycles. The minimum absolute atomic E-state index is 0.0609. The normalized spacial score (nSPS) is 15.1. The zero-order chi connectivity index (χ0) is 19.5. The lowest BCUT2D eigenvalue weighted by Crippen LogP contribution is -2.50. The number of amides is 1. The highest BCUT2D eigenvalue weighted by Crippen LogP contribution is 2.24. The molecule has 0 atom stereocenters. The third-order valence-corrected chi connectivity index (χ3v) is 5.04. The Labute approximate surface area is 161 Å². The molecule has 0 unspecified atom stereocenters. The number of hydrogen-bond acceptors (Lipinski definition) is 6. The van der Waals surface area contributed by atoms with Crippen molar-refractivity contribution in [1.82, 2.24) is 19.6 Å². The second kappa shape index (κ2) is 7.85. The van der Waals surface area contributed by atoms with Crippen LogP contribution >= 0.6 is 0 Å². The molecule has 2 aromatic heterocycles. The molecular formula is C20H22N4O4. The van der Waals surface area contributed by atoms with E-state index in [0.717, 1.165) is 26.2 Å². The van der Waals surface area contributed by atoms with E-state index in [4.69, 9.17) is 9.15 Å². The minimum atomic E-state index is -0.636. The molecule has 4 rings (SSSR count). The predicted octanol–water partition coefficient (Wildman–Crippen LogP) is 1.46. The van der Waals surface area contributed by atoms with Crippen LogP contribution in [0.5, 0.6) is 5.75 Å². The van der Waals surface area contributed by atoms with Crippen molar-refractivity contribution < 1.29 is 13.9 Å². The van der Waals surface area contributed by atoms with Gasteiger partial charge in [-0.15, -0.1) is 0 Å². The monoisotopic (exact) mass is 382 g/mol. The first kappa shape index (κ1) is 18.2. The number of aromatic nitrogens is 2. The number of methoxy groups -OCH3 is 1. The van der Waals surface area contributed by atoms with E-state index in [1.54, 1.807) is 35.4 Å². The first-order chi connectivity index (χ1) is 13.7. The van der Waals surface area contributed by atoms with Crippen LogP contribution in [0.2, 0.25) is 0 Å². The van der Waals surface area contributed by atoms with E-state index < -0.39 is 5.63 Å². The van der Waals surface area contributed by atoms with Gasteiger partial charge in [-0.05, 0) is 18.2 Å². The van der Waals surface area contributed by atoms with Crippen LogP contribution in [-0.4, -0.2) is 65.3 Å². The number of nitrogens with zero attached hydrogens (tertiary/aromatic N) is 4. The largest absolute Gasteiger partial charge is 0.493 e. The lowest BCUT2D eigenvalue weighted by atomic mass is 10.1. The van der Waals surface area contributed by atoms with Gasteiger partial charge in [0.2, 0.25) is 0 Å². The van der Waals surface area contributed by atoms with Crippen molar-refractivity contribution in [2.75, 3.05) is 39.8 Å². The zero-order valence-electron chi connectivity index (χ0n) is 15.7. The topological polar surface area (TPSA) is 80.8 Å². The Morgan fingerprint density at radius 1 is 1.18 bits per heavy atom. The first-order valence-electron chi connectivity index (χ1n) is 9.25. The van der Waals surface area contributed by atoms with Gasteiger partial charge in [-0.25, -0.2) is 4.79 Å². The van der Waals surface area contributed by atoms with Gasteiger partial charge >= 0.3 is 5.63 Å². The molecule has 3 aromatic rings. The van der Waals surface area contributed by atoms with Crippen LogP contribution in [0.4, 0.5) is 0 Å². The van der Waals surface area contributed by atoms with Crippen molar-refractivity contribution >= 4 is 16.9 Å². The van der Waals surface area contributed by atoms with Crippen LogP contribution < -0.4 is 10.4 Å². The van der Waals surface area contributed by atoms with Crippen LogP contribution in [0.25, 0.3) is 11.0 Å². The zero-order valence-corrected chi connectivity index (χ0v) is 15.7. The van der Waals surface area contributed by atoms with Gasteiger partial charge in [0.05, 0.1) is 13.7 Å². The molecular weight excluding hydrogens is 360 g/mol. The predicted molar refractivity (Wildman–Crippen MR) is 104 cm³/mol. The fourth-order valence-electron chi connectivity index (χ4n) is 3.45. The van der Waals surface area contributed by atoms with Crippen LogP contribution in [0.15, 0.2) is 51.9 Å². The van der Waals surface area contributed by atoms with E-state index in [-0.39, 0.29) is 11.5 Å². The maximum Gasteiger partial charge on any atom is 0.349 e. The average molecular weight is 382 g/mol. The SMILES string of the molecule is COc1cccc2cc(C(=O)N3CCN(CCn4cccn4)CC3)c(=O)oc12. The van der Waals surface area contributed by atoms with Gasteiger partial charge in [0.1, 0.15) is 5.56 Å². The Kier molecular flexibility index (Phi) is 5.12. The number of fused-ring (bicyclic) bond motifs is 1. The molecule has 146 valence electrons. The number of para-hydroxylation sites is 1. The summed E-state index contributed by atoms with van der Waals surface area (Å²) < 4.78 is 12.5. The quantitative estimate of drug-likeness (QED) is 0.622. The van der Waals surface area contributed by atoms with E-state index in [1.807, 2.05) is 16.9 Å². The van der Waals surface area contributed by atoms with Gasteiger partial charge in [0.15, 0.2) is 11.3 Å². The lowest BCUT2D eigenvalue weighted by Gasteiger charge is -2.34. The van der Waals surface area contributed by atoms with Gasteiger partial charge in [0.25, 0.3) is 5.91 Å². The van der Waals surface area contributed by atoms with Gasteiger partial charge in [-0.2, -0.15) is 5.10 Å². The third-order valence-electron chi connectivity index (χ3n) is 5.04. The summed E-state index contributed by atoms with van der Waals surface area (Å²) in [7, 11) is 1.51. The number of ether oxygens (including phenoxy) is 1. The summed E-state index contributed by atoms with van der Waals surface area (Å²) in [6.07, 6.45) is 3.70. The van der Waals surface area contributed by atoms with Crippen molar-refractivity contribution in [1.29, 1.82) is 0 Å². The minimum Gasteiger partial charge on any atom is -0.493 e. The fourth-order valence-corrected chi connectivity index (χ4v) is 3.45. The Hall–Kier alpha value is -3.13. The molecule has 1 aromatic carbocycles. The summed E-state index contributed by atoms with van der Waals surface area (Å²) >= 11 is 0. The van der Waals surface area contributed by atoms with Gasteiger partial charge in [-0.3, -0.25) is 14.4 Å². The van der Waals surface area contributed by atoms with Gasteiger partial charge < -0.3 is 14.1 Å². The number of benzene rings is 1. The first-order valence-corrected chi connectivity index (χ1v) is 9.25. The summed E-state index contributed by atoms with van der Waals surface area (Å²) in [6.45, 7) is 4.37. The maximum absolute atomic E-state index is 12.9. The highest BCUT2D eigenvalue weighted by atomic mass is 16.5. The number of carbonyl (C=O) groups is 1. The molecule has 0 N–H and O–H groups in total. The second-order valence-corrected chi connectivity index (χ2v) is 6.73. The van der Waals surface area contributed by atoms with E-state index in [0.29, 0.717) is 29.8 Å². The van der Waals surface area contributed by atoms with Crippen molar-refractivity contribution in [3.63, 3.8) is 0 Å². The molecule has 8 nitrogen and oxygen atoms in total. The third kappa shape index (κ3) is 3.63. The van der Waals surface area contributed by atoms with Crippen molar-refractivity contribution in [3.05, 3.63) is 58.7 Å². The van der Waals surface area contributed by atoms with Crippen LogP contribution in [0.3, 0.4) is 0 Å². The van der Waals surface area contributed by atoms with E-state index in [9.17, 15) is 9.59 Å². The summed E-state index contributed by atoms with van der Waals surface area (Å²) in [4.78, 5) is 29.3. The highest BCUT2D eigenvalue weighted by molar-refractivity contribution is 5.97. The lowest BCUT2D eigenvalue weighted by molar-refractivity contribution is 0.0628. The average Bonchev–Trinajstić information content (AvgIpc) is 3.25. The summed E-state index contributed by atoms with van der Waals surface area (Å²) in [5.74, 6) is 0.185. The molecule has 3 heterocycles. The number of rotatable bonds is 5. The summed E-state index contributed by atoms with van der Waals surface area (Å²) in [5.41, 5.74) is -0.219. The maximum atomic E-state index is 12.9. The number of piperazine rings is 1. The molecule has 1 amide bonds. The molecule has 0 radical (unpaired) electrons. The molecule has 8 heteroatoms. The molecule has 0 bridgehead atoms. The van der Waals surface area contributed by atoms with Crippen LogP contribution in [0.1, 0.15) is 10.4 Å². The molecule has 0 spiro atoms. The summed E-state index contributed by atoms with van der Waals surface area (Å²) in [5, 5.41) is 4.87. The Morgan fingerprint density at radius 3 is 2.71 bits per heavy atom. The standard InChI is InChI=1S/C20H22N4O4/c1-27-17-5-2-4-15-14-16(20(26)28-18(15)17)19(25)23-11-8-22(9-12-23)10-13-24-7-3-6-21-24/h2-7,14H,8-13H2,1H3. The smallest absolute Gasteiger partial charge is 0.349 e. The number of hydrogen-bond donors (Lipinski definition) is 0. The Bertz CT molecular complexity index is 1020.